The van der Waals surface area contributed by atoms with Gasteiger partial charge in [-0.25, -0.2) is 0 Å². The van der Waals surface area contributed by atoms with E-state index in [4.69, 9.17) is 9.15 Å². The van der Waals surface area contributed by atoms with Crippen LogP contribution < -0.4 is 10.2 Å². The molecular weight excluding hydrogens is 442 g/mol. The Hall–Kier alpha value is -2.84. The molecule has 29 heavy (non-hydrogen) atoms. The van der Waals surface area contributed by atoms with Crippen LogP contribution in [-0.4, -0.2) is 41.3 Å². The van der Waals surface area contributed by atoms with Gasteiger partial charge in [-0.05, 0) is 52.2 Å². The molecule has 2 N–H and O–H groups in total. The van der Waals surface area contributed by atoms with Gasteiger partial charge < -0.3 is 24.3 Å². The van der Waals surface area contributed by atoms with Crippen LogP contribution in [0.3, 0.4) is 0 Å². The van der Waals surface area contributed by atoms with Crippen molar-refractivity contribution in [2.45, 2.75) is 12.5 Å². The highest BCUT2D eigenvalue weighted by molar-refractivity contribution is 9.10. The van der Waals surface area contributed by atoms with E-state index in [0.29, 0.717) is 27.4 Å². The van der Waals surface area contributed by atoms with Gasteiger partial charge in [-0.1, -0.05) is 12.1 Å². The number of fused-ring (bicyclic) bond motifs is 2. The molecular formula is C21H18BrNO6. The van der Waals surface area contributed by atoms with Gasteiger partial charge in [0.1, 0.15) is 5.58 Å². The largest absolute Gasteiger partial charge is 0.503 e. The normalized spacial score (nSPS) is 15.8. The average Bonchev–Trinajstić information content (AvgIpc) is 3.00. The maximum absolute atomic E-state index is 13.3. The predicted molar refractivity (Wildman–Crippen MR) is 109 cm³/mol. The third-order valence-electron chi connectivity index (χ3n) is 5.02. The van der Waals surface area contributed by atoms with Crippen molar-refractivity contribution in [3.8, 4) is 11.5 Å². The highest BCUT2D eigenvalue weighted by Gasteiger charge is 2.42. The first-order valence-electron chi connectivity index (χ1n) is 9.02. The Morgan fingerprint density at radius 1 is 1.24 bits per heavy atom. The summed E-state index contributed by atoms with van der Waals surface area (Å²) < 4.78 is 11.4. The molecule has 0 spiro atoms. The van der Waals surface area contributed by atoms with Gasteiger partial charge in [-0.2, -0.15) is 0 Å². The van der Waals surface area contributed by atoms with Gasteiger partial charge in [0.2, 0.25) is 5.76 Å². The number of aliphatic hydroxyl groups is 1. The number of methoxy groups -OCH3 is 1. The van der Waals surface area contributed by atoms with Crippen molar-refractivity contribution in [2.24, 2.45) is 0 Å². The van der Waals surface area contributed by atoms with Gasteiger partial charge in [-0.3, -0.25) is 9.59 Å². The minimum atomic E-state index is -0.726. The average molecular weight is 460 g/mol. The van der Waals surface area contributed by atoms with Crippen molar-refractivity contribution in [2.75, 3.05) is 20.3 Å². The molecule has 1 aliphatic heterocycles. The molecule has 0 fully saturated rings. The Labute approximate surface area is 174 Å². The number of phenols is 1. The quantitative estimate of drug-likeness (QED) is 0.607. The van der Waals surface area contributed by atoms with Crippen molar-refractivity contribution >= 4 is 32.8 Å². The zero-order valence-electron chi connectivity index (χ0n) is 15.5. The zero-order chi connectivity index (χ0) is 20.7. The lowest BCUT2D eigenvalue weighted by molar-refractivity contribution is 0.0716. The van der Waals surface area contributed by atoms with Gasteiger partial charge in [0, 0.05) is 13.2 Å². The summed E-state index contributed by atoms with van der Waals surface area (Å²) in [5.74, 6) is -0.278. The number of carbonyl (C=O) groups excluding carboxylic acids is 1. The van der Waals surface area contributed by atoms with Crippen LogP contribution in [-0.2, 0) is 0 Å². The number of phenolic OH excluding ortho intramolecular Hbond substituents is 1. The summed E-state index contributed by atoms with van der Waals surface area (Å²) in [6.45, 7) is 0.138. The number of hydrogen-bond donors (Lipinski definition) is 2. The molecule has 1 aromatic heterocycles. The molecule has 4 rings (SSSR count). The van der Waals surface area contributed by atoms with Crippen LogP contribution in [0.15, 0.2) is 50.1 Å². The first-order chi connectivity index (χ1) is 14.0. The molecule has 0 aliphatic carbocycles. The molecule has 150 valence electrons. The second kappa shape index (κ2) is 7.53. The number of hydrogen-bond acceptors (Lipinski definition) is 6. The number of aliphatic hydroxyl groups excluding tert-OH is 1. The van der Waals surface area contributed by atoms with Crippen LogP contribution >= 0.6 is 15.9 Å². The Bertz CT molecular complexity index is 1170. The number of rotatable bonds is 5. The first kappa shape index (κ1) is 19.5. The number of nitrogens with zero attached hydrogens (tertiary/aromatic N) is 1. The standard InChI is InChI=1S/C21H18BrNO6/c1-28-15-10-11(9-13(22)19(15)26)17-16-18(25)12-5-2-3-6-14(12)29-20(16)21(27)23(17)7-4-8-24/h2-3,5-6,9-10,17,24,26H,4,7-8H2,1H3/t17-/m0/s1. The number of aromatic hydroxyl groups is 1. The highest BCUT2D eigenvalue weighted by Crippen LogP contribution is 2.43. The Balaban J connectivity index is 1.99. The summed E-state index contributed by atoms with van der Waals surface area (Å²) >= 11 is 3.30. The minimum absolute atomic E-state index is 0.000181. The van der Waals surface area contributed by atoms with Crippen molar-refractivity contribution in [3.63, 3.8) is 0 Å². The smallest absolute Gasteiger partial charge is 0.290 e. The zero-order valence-corrected chi connectivity index (χ0v) is 17.1. The summed E-state index contributed by atoms with van der Waals surface area (Å²) in [5, 5.41) is 19.8. The molecule has 0 saturated heterocycles. The van der Waals surface area contributed by atoms with Crippen LogP contribution in [0.4, 0.5) is 0 Å². The van der Waals surface area contributed by atoms with Crippen LogP contribution in [0, 0.1) is 0 Å². The van der Waals surface area contributed by atoms with E-state index in [9.17, 15) is 19.8 Å². The molecule has 0 radical (unpaired) electrons. The lowest BCUT2D eigenvalue weighted by Crippen LogP contribution is -2.31. The number of ether oxygens (including phenoxy) is 1. The maximum atomic E-state index is 13.3. The monoisotopic (exact) mass is 459 g/mol. The lowest BCUT2D eigenvalue weighted by Gasteiger charge is -2.25. The molecule has 2 heterocycles. The maximum Gasteiger partial charge on any atom is 0.290 e. The first-order valence-corrected chi connectivity index (χ1v) is 9.81. The van der Waals surface area contributed by atoms with Crippen LogP contribution in [0.2, 0.25) is 0 Å². The van der Waals surface area contributed by atoms with E-state index in [2.05, 4.69) is 15.9 Å². The fourth-order valence-electron chi connectivity index (χ4n) is 3.69. The van der Waals surface area contributed by atoms with E-state index >= 15 is 0 Å². The van der Waals surface area contributed by atoms with Crippen molar-refractivity contribution in [1.82, 2.24) is 4.90 Å². The molecule has 1 atom stereocenters. The van der Waals surface area contributed by atoms with Crippen LogP contribution in [0.25, 0.3) is 11.0 Å². The van der Waals surface area contributed by atoms with E-state index in [1.54, 1.807) is 36.4 Å². The van der Waals surface area contributed by atoms with Gasteiger partial charge >= 0.3 is 0 Å². The van der Waals surface area contributed by atoms with Crippen molar-refractivity contribution in [3.05, 3.63) is 68.0 Å². The van der Waals surface area contributed by atoms with Gasteiger partial charge in [0.15, 0.2) is 16.9 Å². The minimum Gasteiger partial charge on any atom is -0.503 e. The molecule has 8 heteroatoms. The fraction of sp³-hybridized carbons (Fsp3) is 0.238. The molecule has 0 saturated carbocycles. The summed E-state index contributed by atoms with van der Waals surface area (Å²) in [7, 11) is 1.42. The fourth-order valence-corrected chi connectivity index (χ4v) is 4.15. The summed E-state index contributed by atoms with van der Waals surface area (Å²) in [6.07, 6.45) is 0.348. The van der Waals surface area contributed by atoms with Crippen LogP contribution in [0.1, 0.15) is 34.1 Å². The van der Waals surface area contributed by atoms with E-state index in [-0.39, 0.29) is 41.4 Å². The van der Waals surface area contributed by atoms with Crippen molar-refractivity contribution < 1.29 is 24.2 Å². The molecule has 1 aliphatic rings. The van der Waals surface area contributed by atoms with E-state index in [1.807, 2.05) is 0 Å². The third-order valence-corrected chi connectivity index (χ3v) is 5.62. The van der Waals surface area contributed by atoms with Gasteiger partial charge in [0.25, 0.3) is 5.91 Å². The number of halogens is 1. The summed E-state index contributed by atoms with van der Waals surface area (Å²) in [6, 6.07) is 9.29. The van der Waals surface area contributed by atoms with Crippen LogP contribution in [0.5, 0.6) is 11.5 Å². The molecule has 0 unspecified atom stereocenters. The second-order valence-electron chi connectivity index (χ2n) is 6.70. The van der Waals surface area contributed by atoms with E-state index in [1.165, 1.54) is 12.0 Å². The van der Waals surface area contributed by atoms with Crippen molar-refractivity contribution in [1.29, 1.82) is 0 Å². The third kappa shape index (κ3) is 3.08. The molecule has 2 aromatic carbocycles. The Morgan fingerprint density at radius 3 is 2.72 bits per heavy atom. The Kier molecular flexibility index (Phi) is 5.06. The molecule has 3 aromatic rings. The molecule has 7 nitrogen and oxygen atoms in total. The second-order valence-corrected chi connectivity index (χ2v) is 7.56. The van der Waals surface area contributed by atoms with E-state index < -0.39 is 11.9 Å². The van der Waals surface area contributed by atoms with Gasteiger partial charge in [0.05, 0.1) is 28.6 Å². The number of amides is 1. The summed E-state index contributed by atoms with van der Waals surface area (Å²) in [4.78, 5) is 27.9. The number of benzene rings is 2. The highest BCUT2D eigenvalue weighted by atomic mass is 79.9. The number of carbonyl (C=O) groups is 1. The molecule has 1 amide bonds. The SMILES string of the molecule is COc1cc([C@H]2c3c(oc4ccccc4c3=O)C(=O)N2CCCO)cc(Br)c1O. The number of para-hydroxylation sites is 1. The molecule has 0 bridgehead atoms. The predicted octanol–water partition coefficient (Wildman–Crippen LogP) is 3.20. The summed E-state index contributed by atoms with van der Waals surface area (Å²) in [5.41, 5.74) is 0.886. The lowest BCUT2D eigenvalue weighted by atomic mass is 9.98. The topological polar surface area (TPSA) is 100 Å². The van der Waals surface area contributed by atoms with E-state index in [0.717, 1.165) is 0 Å². The Morgan fingerprint density at radius 2 is 2.00 bits per heavy atom. The van der Waals surface area contributed by atoms with Gasteiger partial charge in [-0.15, -0.1) is 0 Å².